The number of nitrogens with zero attached hydrogens (tertiary/aromatic N) is 5. The van der Waals surface area contributed by atoms with E-state index in [9.17, 15) is 0 Å². The summed E-state index contributed by atoms with van der Waals surface area (Å²) < 4.78 is 0. The molecule has 0 radical (unpaired) electrons. The van der Waals surface area contributed by atoms with E-state index in [1.54, 1.807) is 6.20 Å². The van der Waals surface area contributed by atoms with Crippen molar-refractivity contribution >= 4 is 22.7 Å². The van der Waals surface area contributed by atoms with E-state index in [1.807, 2.05) is 13.0 Å². The van der Waals surface area contributed by atoms with Gasteiger partial charge in [-0.2, -0.15) is 4.98 Å². The van der Waals surface area contributed by atoms with Gasteiger partial charge in [0.1, 0.15) is 5.82 Å². The summed E-state index contributed by atoms with van der Waals surface area (Å²) in [5.74, 6) is 1.24. The second kappa shape index (κ2) is 4.62. The fraction of sp³-hybridized carbons (Fsp3) is 0.462. The van der Waals surface area contributed by atoms with Crippen LogP contribution in [0.4, 0.5) is 11.8 Å². The fourth-order valence-corrected chi connectivity index (χ4v) is 2.30. The molecular formula is C13H18N6. The molecule has 2 aromatic heterocycles. The zero-order valence-electron chi connectivity index (χ0n) is 11.3. The Balaban J connectivity index is 1.99. The third-order valence-electron chi connectivity index (χ3n) is 3.52. The van der Waals surface area contributed by atoms with Crippen LogP contribution in [-0.2, 0) is 0 Å². The molecule has 3 heterocycles. The highest BCUT2D eigenvalue weighted by Gasteiger charge is 2.17. The highest BCUT2D eigenvalue weighted by molar-refractivity contribution is 5.88. The van der Waals surface area contributed by atoms with Crippen molar-refractivity contribution in [1.29, 1.82) is 0 Å². The lowest BCUT2D eigenvalue weighted by Gasteiger charge is -2.32. The largest absolute Gasteiger partial charge is 0.383 e. The number of aryl methyl sites for hydroxylation is 1. The summed E-state index contributed by atoms with van der Waals surface area (Å²) in [6.45, 7) is 5.84. The Morgan fingerprint density at radius 2 is 1.89 bits per heavy atom. The van der Waals surface area contributed by atoms with E-state index < -0.39 is 0 Å². The van der Waals surface area contributed by atoms with Crippen LogP contribution in [0.25, 0.3) is 10.9 Å². The van der Waals surface area contributed by atoms with Crippen molar-refractivity contribution in [2.75, 3.05) is 43.9 Å². The van der Waals surface area contributed by atoms with Crippen LogP contribution < -0.4 is 10.6 Å². The minimum Gasteiger partial charge on any atom is -0.383 e. The van der Waals surface area contributed by atoms with Gasteiger partial charge in [0.25, 0.3) is 0 Å². The van der Waals surface area contributed by atoms with E-state index >= 15 is 0 Å². The standard InChI is InChI=1S/C13H18N6/c1-9-7-10-11(8-15-9)16-13(17-12(10)14)19-5-3-18(2)4-6-19/h7-8H,3-6H2,1-2H3,(H2,14,16,17). The van der Waals surface area contributed by atoms with Crippen LogP contribution in [-0.4, -0.2) is 53.1 Å². The first-order valence-corrected chi connectivity index (χ1v) is 6.47. The van der Waals surface area contributed by atoms with Crippen molar-refractivity contribution in [2.24, 2.45) is 0 Å². The van der Waals surface area contributed by atoms with Gasteiger partial charge in [-0.1, -0.05) is 0 Å². The summed E-state index contributed by atoms with van der Waals surface area (Å²) >= 11 is 0. The molecule has 0 aromatic carbocycles. The molecule has 6 heteroatoms. The molecule has 100 valence electrons. The van der Waals surface area contributed by atoms with Gasteiger partial charge in [0.2, 0.25) is 5.95 Å². The Kier molecular flexibility index (Phi) is 2.94. The Hall–Kier alpha value is -1.95. The molecule has 2 aromatic rings. The number of piperazine rings is 1. The molecule has 0 aliphatic carbocycles. The number of nitrogens with two attached hydrogens (primary N) is 1. The predicted molar refractivity (Wildman–Crippen MR) is 76.2 cm³/mol. The molecule has 0 spiro atoms. The SMILES string of the molecule is Cc1cc2c(N)nc(N3CCN(C)CC3)nc2cn1. The molecular weight excluding hydrogens is 240 g/mol. The second-order valence-corrected chi connectivity index (χ2v) is 5.04. The van der Waals surface area contributed by atoms with Crippen molar-refractivity contribution in [2.45, 2.75) is 6.92 Å². The molecule has 1 saturated heterocycles. The summed E-state index contributed by atoms with van der Waals surface area (Å²) in [7, 11) is 2.12. The van der Waals surface area contributed by atoms with E-state index in [0.29, 0.717) is 11.8 Å². The summed E-state index contributed by atoms with van der Waals surface area (Å²) in [5.41, 5.74) is 7.78. The van der Waals surface area contributed by atoms with Crippen LogP contribution in [0.15, 0.2) is 12.3 Å². The molecule has 6 nitrogen and oxygen atoms in total. The molecule has 2 N–H and O–H groups in total. The van der Waals surface area contributed by atoms with Gasteiger partial charge in [0.15, 0.2) is 0 Å². The molecule has 19 heavy (non-hydrogen) atoms. The van der Waals surface area contributed by atoms with Crippen molar-refractivity contribution in [3.8, 4) is 0 Å². The zero-order valence-corrected chi connectivity index (χ0v) is 11.3. The number of aromatic nitrogens is 3. The molecule has 1 fully saturated rings. The van der Waals surface area contributed by atoms with Gasteiger partial charge in [0, 0.05) is 37.3 Å². The minimum atomic E-state index is 0.532. The average molecular weight is 258 g/mol. The molecule has 0 amide bonds. The number of nitrogen functional groups attached to an aromatic ring is 1. The topological polar surface area (TPSA) is 71.2 Å². The van der Waals surface area contributed by atoms with E-state index in [2.05, 4.69) is 31.8 Å². The summed E-state index contributed by atoms with van der Waals surface area (Å²) in [5, 5.41) is 0.880. The number of fused-ring (bicyclic) bond motifs is 1. The van der Waals surface area contributed by atoms with Gasteiger partial charge in [-0.15, -0.1) is 0 Å². The lowest BCUT2D eigenvalue weighted by atomic mass is 10.2. The first-order chi connectivity index (χ1) is 9.13. The van der Waals surface area contributed by atoms with Crippen LogP contribution >= 0.6 is 0 Å². The van der Waals surface area contributed by atoms with E-state index in [0.717, 1.165) is 42.8 Å². The maximum absolute atomic E-state index is 6.04. The molecule has 1 aliphatic heterocycles. The number of hydrogen-bond acceptors (Lipinski definition) is 6. The maximum atomic E-state index is 6.04. The number of anilines is 2. The van der Waals surface area contributed by atoms with Crippen LogP contribution in [0, 0.1) is 6.92 Å². The fourth-order valence-electron chi connectivity index (χ4n) is 2.30. The lowest BCUT2D eigenvalue weighted by Crippen LogP contribution is -2.45. The van der Waals surface area contributed by atoms with Gasteiger partial charge in [0.05, 0.1) is 11.7 Å². The van der Waals surface area contributed by atoms with Gasteiger partial charge < -0.3 is 15.5 Å². The quantitative estimate of drug-likeness (QED) is 0.810. The van der Waals surface area contributed by atoms with Crippen molar-refractivity contribution < 1.29 is 0 Å². The Morgan fingerprint density at radius 1 is 1.16 bits per heavy atom. The van der Waals surface area contributed by atoms with Crippen LogP contribution in [0.3, 0.4) is 0 Å². The number of hydrogen-bond donors (Lipinski definition) is 1. The van der Waals surface area contributed by atoms with E-state index in [4.69, 9.17) is 5.73 Å². The third-order valence-corrected chi connectivity index (χ3v) is 3.52. The predicted octanol–water partition coefficient (Wildman–Crippen LogP) is 0.667. The molecule has 0 atom stereocenters. The van der Waals surface area contributed by atoms with Gasteiger partial charge in [-0.3, -0.25) is 4.98 Å². The summed E-state index contributed by atoms with van der Waals surface area (Å²) in [4.78, 5) is 17.8. The maximum Gasteiger partial charge on any atom is 0.228 e. The van der Waals surface area contributed by atoms with Crippen molar-refractivity contribution in [3.63, 3.8) is 0 Å². The van der Waals surface area contributed by atoms with Gasteiger partial charge in [-0.05, 0) is 20.0 Å². The highest BCUT2D eigenvalue weighted by atomic mass is 15.3. The molecule has 0 bridgehead atoms. The molecule has 3 rings (SSSR count). The van der Waals surface area contributed by atoms with Crippen LogP contribution in [0.2, 0.25) is 0 Å². The molecule has 0 saturated carbocycles. The van der Waals surface area contributed by atoms with Crippen molar-refractivity contribution in [3.05, 3.63) is 18.0 Å². The number of rotatable bonds is 1. The smallest absolute Gasteiger partial charge is 0.228 e. The average Bonchev–Trinajstić information content (AvgIpc) is 2.40. The number of pyridine rings is 1. The first-order valence-electron chi connectivity index (χ1n) is 6.47. The Bertz CT molecular complexity index is 603. The van der Waals surface area contributed by atoms with E-state index in [1.165, 1.54) is 0 Å². The van der Waals surface area contributed by atoms with Gasteiger partial charge in [-0.25, -0.2) is 4.98 Å². The Morgan fingerprint density at radius 3 is 2.63 bits per heavy atom. The number of likely N-dealkylation sites (N-methyl/N-ethyl adjacent to an activating group) is 1. The van der Waals surface area contributed by atoms with Gasteiger partial charge >= 0.3 is 0 Å². The third kappa shape index (κ3) is 2.31. The highest BCUT2D eigenvalue weighted by Crippen LogP contribution is 2.21. The van der Waals surface area contributed by atoms with Crippen LogP contribution in [0.1, 0.15) is 5.69 Å². The van der Waals surface area contributed by atoms with E-state index in [-0.39, 0.29) is 0 Å². The summed E-state index contributed by atoms with van der Waals surface area (Å²) in [6, 6.07) is 1.93. The zero-order chi connectivity index (χ0) is 13.4. The Labute approximate surface area is 112 Å². The molecule has 1 aliphatic rings. The first kappa shape index (κ1) is 12.1. The monoisotopic (exact) mass is 258 g/mol. The molecule has 0 unspecified atom stereocenters. The normalized spacial score (nSPS) is 17.1. The summed E-state index contributed by atoms with van der Waals surface area (Å²) in [6.07, 6.45) is 1.77. The van der Waals surface area contributed by atoms with Crippen LogP contribution in [0.5, 0.6) is 0 Å². The lowest BCUT2D eigenvalue weighted by molar-refractivity contribution is 0.311. The second-order valence-electron chi connectivity index (χ2n) is 5.04. The van der Waals surface area contributed by atoms with Crippen molar-refractivity contribution in [1.82, 2.24) is 19.9 Å². The minimum absolute atomic E-state index is 0.532.